The minimum absolute atomic E-state index is 0. The van der Waals surface area contributed by atoms with Gasteiger partial charge in [-0.3, -0.25) is 24.2 Å². The van der Waals surface area contributed by atoms with Gasteiger partial charge in [0, 0.05) is 30.2 Å². The monoisotopic (exact) mass is 477 g/mol. The molecule has 32 heavy (non-hydrogen) atoms. The van der Waals surface area contributed by atoms with Crippen LogP contribution in [0.2, 0.25) is 5.02 Å². The van der Waals surface area contributed by atoms with Gasteiger partial charge in [0.2, 0.25) is 0 Å². The van der Waals surface area contributed by atoms with E-state index < -0.39 is 5.91 Å². The highest BCUT2D eigenvalue weighted by Crippen LogP contribution is 2.26. The molecule has 2 aliphatic heterocycles. The number of halogens is 2. The van der Waals surface area contributed by atoms with Gasteiger partial charge in [0.05, 0.1) is 30.9 Å². The number of hydrogen-bond donors (Lipinski definition) is 1. The van der Waals surface area contributed by atoms with Gasteiger partial charge in [0.1, 0.15) is 0 Å². The molecule has 2 aromatic carbocycles. The van der Waals surface area contributed by atoms with Gasteiger partial charge in [-0.15, -0.1) is 12.4 Å². The van der Waals surface area contributed by atoms with Crippen LogP contribution >= 0.6 is 24.0 Å². The van der Waals surface area contributed by atoms with Gasteiger partial charge < -0.3 is 10.1 Å². The second-order valence-corrected chi connectivity index (χ2v) is 8.08. The van der Waals surface area contributed by atoms with Crippen molar-refractivity contribution in [2.75, 3.05) is 39.4 Å². The Kier molecular flexibility index (Phi) is 8.26. The zero-order chi connectivity index (χ0) is 21.8. The fraction of sp³-hybridized carbons (Fsp3) is 0.348. The van der Waals surface area contributed by atoms with Crippen molar-refractivity contribution in [2.24, 2.45) is 0 Å². The Labute approximate surface area is 198 Å². The third kappa shape index (κ3) is 5.48. The van der Waals surface area contributed by atoms with Crippen LogP contribution in [0.15, 0.2) is 42.5 Å². The standard InChI is InChI=1S/C23H24ClN3O4.ClH/c24-18-5-2-16(3-6-18)15-27-22(29)19-7-4-17(14-20(19)23(27)30)21(28)25-8-1-9-26-10-12-31-13-11-26;/h2-7,14H,1,8-13,15H2,(H,25,28);1H. The largest absolute Gasteiger partial charge is 0.379 e. The van der Waals surface area contributed by atoms with Crippen LogP contribution in [0, 0.1) is 0 Å². The Morgan fingerprint density at radius 2 is 1.69 bits per heavy atom. The number of nitrogens with one attached hydrogen (secondary N) is 1. The molecule has 170 valence electrons. The average Bonchev–Trinajstić information content (AvgIpc) is 3.03. The maximum absolute atomic E-state index is 12.8. The number of carbonyl (C=O) groups excluding carboxylic acids is 3. The van der Waals surface area contributed by atoms with Crippen molar-refractivity contribution in [3.05, 3.63) is 69.7 Å². The van der Waals surface area contributed by atoms with Gasteiger partial charge in [-0.05, 0) is 48.9 Å². The van der Waals surface area contributed by atoms with Crippen LogP contribution in [-0.4, -0.2) is 66.9 Å². The van der Waals surface area contributed by atoms with Crippen LogP contribution in [0.4, 0.5) is 0 Å². The number of carbonyl (C=O) groups is 3. The highest BCUT2D eigenvalue weighted by molar-refractivity contribution is 6.30. The molecule has 1 saturated heterocycles. The summed E-state index contributed by atoms with van der Waals surface area (Å²) >= 11 is 5.90. The first-order valence-electron chi connectivity index (χ1n) is 10.4. The van der Waals surface area contributed by atoms with Gasteiger partial charge in [-0.2, -0.15) is 0 Å². The van der Waals surface area contributed by atoms with Gasteiger partial charge in [0.15, 0.2) is 0 Å². The van der Waals surface area contributed by atoms with Crippen LogP contribution in [0.1, 0.15) is 43.1 Å². The molecule has 0 unspecified atom stereocenters. The Bertz CT molecular complexity index is 991. The molecule has 0 atom stereocenters. The topological polar surface area (TPSA) is 79.0 Å². The average molecular weight is 478 g/mol. The molecule has 0 aliphatic carbocycles. The summed E-state index contributed by atoms with van der Waals surface area (Å²) in [5.41, 5.74) is 1.76. The predicted molar refractivity (Wildman–Crippen MR) is 124 cm³/mol. The molecular formula is C23H25Cl2N3O4. The molecule has 0 aromatic heterocycles. The van der Waals surface area contributed by atoms with Gasteiger partial charge in [-0.25, -0.2) is 0 Å². The smallest absolute Gasteiger partial charge is 0.261 e. The lowest BCUT2D eigenvalue weighted by Gasteiger charge is -2.26. The summed E-state index contributed by atoms with van der Waals surface area (Å²) < 4.78 is 5.33. The second-order valence-electron chi connectivity index (χ2n) is 7.65. The predicted octanol–water partition coefficient (Wildman–Crippen LogP) is 3.01. The van der Waals surface area contributed by atoms with Gasteiger partial charge in [0.25, 0.3) is 17.7 Å². The molecular weight excluding hydrogens is 453 g/mol. The van der Waals surface area contributed by atoms with Crippen molar-refractivity contribution < 1.29 is 19.1 Å². The highest BCUT2D eigenvalue weighted by atomic mass is 35.5. The number of amides is 3. The number of fused-ring (bicyclic) bond motifs is 1. The Morgan fingerprint density at radius 1 is 1.00 bits per heavy atom. The molecule has 9 heteroatoms. The highest BCUT2D eigenvalue weighted by Gasteiger charge is 2.36. The Balaban J connectivity index is 0.00000289. The van der Waals surface area contributed by atoms with E-state index >= 15 is 0 Å². The number of hydrogen-bond acceptors (Lipinski definition) is 5. The zero-order valence-electron chi connectivity index (χ0n) is 17.5. The summed E-state index contributed by atoms with van der Waals surface area (Å²) in [4.78, 5) is 41.5. The molecule has 1 fully saturated rings. The molecule has 0 spiro atoms. The van der Waals surface area contributed by atoms with E-state index in [1.54, 1.807) is 36.4 Å². The molecule has 0 bridgehead atoms. The number of benzene rings is 2. The number of ether oxygens (including phenoxy) is 1. The van der Waals surface area contributed by atoms with Crippen LogP contribution in [0.3, 0.4) is 0 Å². The molecule has 4 rings (SSSR count). The maximum Gasteiger partial charge on any atom is 0.261 e. The first-order valence-corrected chi connectivity index (χ1v) is 10.7. The molecule has 1 N–H and O–H groups in total. The number of morpholine rings is 1. The lowest BCUT2D eigenvalue weighted by atomic mass is 10.1. The summed E-state index contributed by atoms with van der Waals surface area (Å²) in [5, 5.41) is 3.48. The molecule has 0 radical (unpaired) electrons. The molecule has 3 amide bonds. The number of nitrogens with zero attached hydrogens (tertiary/aromatic N) is 2. The van der Waals surface area contributed by atoms with Crippen LogP contribution < -0.4 is 5.32 Å². The third-order valence-electron chi connectivity index (χ3n) is 5.53. The summed E-state index contributed by atoms with van der Waals surface area (Å²) in [6.45, 7) is 4.95. The Hall–Kier alpha value is -2.45. The number of rotatable bonds is 7. The van der Waals surface area contributed by atoms with Crippen molar-refractivity contribution in [2.45, 2.75) is 13.0 Å². The molecule has 7 nitrogen and oxygen atoms in total. The van der Waals surface area contributed by atoms with Gasteiger partial charge in [-0.1, -0.05) is 23.7 Å². The van der Waals surface area contributed by atoms with Crippen LogP contribution in [0.25, 0.3) is 0 Å². The van der Waals surface area contributed by atoms with E-state index in [-0.39, 0.29) is 36.3 Å². The first-order chi connectivity index (χ1) is 15.0. The second kappa shape index (κ2) is 10.9. The van der Waals surface area contributed by atoms with E-state index in [0.717, 1.165) is 44.8 Å². The van der Waals surface area contributed by atoms with E-state index in [1.807, 2.05) is 0 Å². The lowest BCUT2D eigenvalue weighted by molar-refractivity contribution is 0.0374. The molecule has 2 aliphatic rings. The lowest BCUT2D eigenvalue weighted by Crippen LogP contribution is -2.38. The van der Waals surface area contributed by atoms with Crippen molar-refractivity contribution in [3.63, 3.8) is 0 Å². The van der Waals surface area contributed by atoms with E-state index in [9.17, 15) is 14.4 Å². The maximum atomic E-state index is 12.8. The van der Waals surface area contributed by atoms with E-state index in [4.69, 9.17) is 16.3 Å². The minimum atomic E-state index is -0.392. The fourth-order valence-corrected chi connectivity index (χ4v) is 3.91. The summed E-state index contributed by atoms with van der Waals surface area (Å²) in [6, 6.07) is 11.7. The van der Waals surface area contributed by atoms with Crippen LogP contribution in [0.5, 0.6) is 0 Å². The first kappa shape index (κ1) is 24.2. The molecule has 2 heterocycles. The van der Waals surface area contributed by atoms with Crippen molar-refractivity contribution in [1.82, 2.24) is 15.1 Å². The zero-order valence-corrected chi connectivity index (χ0v) is 19.1. The third-order valence-corrected chi connectivity index (χ3v) is 5.78. The van der Waals surface area contributed by atoms with Gasteiger partial charge >= 0.3 is 0 Å². The minimum Gasteiger partial charge on any atom is -0.379 e. The van der Waals surface area contributed by atoms with E-state index in [0.29, 0.717) is 22.7 Å². The van der Waals surface area contributed by atoms with Crippen molar-refractivity contribution in [1.29, 1.82) is 0 Å². The van der Waals surface area contributed by atoms with Crippen molar-refractivity contribution >= 4 is 41.7 Å². The SMILES string of the molecule is Cl.O=C(NCCCN1CCOCC1)c1ccc2c(c1)C(=O)N(Cc1ccc(Cl)cc1)C2=O. The van der Waals surface area contributed by atoms with E-state index in [2.05, 4.69) is 10.2 Å². The quantitative estimate of drug-likeness (QED) is 0.489. The summed E-state index contributed by atoms with van der Waals surface area (Å²) in [5.74, 6) is -0.995. The fourth-order valence-electron chi connectivity index (χ4n) is 3.78. The Morgan fingerprint density at radius 3 is 2.41 bits per heavy atom. The molecule has 2 aromatic rings. The summed E-state index contributed by atoms with van der Waals surface area (Å²) in [7, 11) is 0. The summed E-state index contributed by atoms with van der Waals surface area (Å²) in [6.07, 6.45) is 0.836. The van der Waals surface area contributed by atoms with E-state index in [1.165, 1.54) is 11.0 Å². The van der Waals surface area contributed by atoms with Crippen LogP contribution in [-0.2, 0) is 11.3 Å². The normalized spacial score (nSPS) is 16.0. The molecule has 0 saturated carbocycles. The van der Waals surface area contributed by atoms with Crippen molar-refractivity contribution in [3.8, 4) is 0 Å². The number of imide groups is 1.